The summed E-state index contributed by atoms with van der Waals surface area (Å²) in [5.74, 6) is -0.288. The molecule has 0 bridgehead atoms. The van der Waals surface area contributed by atoms with Gasteiger partial charge in [-0.3, -0.25) is 4.79 Å². The predicted molar refractivity (Wildman–Crippen MR) is 100 cm³/mol. The van der Waals surface area contributed by atoms with Crippen LogP contribution in [0.1, 0.15) is 53.5 Å². The lowest BCUT2D eigenvalue weighted by Gasteiger charge is -2.24. The molecule has 2 heterocycles. The van der Waals surface area contributed by atoms with Crippen molar-refractivity contribution in [3.8, 4) is 0 Å². The maximum absolute atomic E-state index is 13.4. The molecular formula is C20H26FN5O. The van der Waals surface area contributed by atoms with Gasteiger partial charge in [-0.05, 0) is 69.8 Å². The molecule has 1 N–H and O–H groups in total. The largest absolute Gasteiger partial charge is 0.334 e. The minimum Gasteiger partial charge on any atom is -0.334 e. The van der Waals surface area contributed by atoms with Gasteiger partial charge >= 0.3 is 0 Å². The molecule has 1 aliphatic heterocycles. The summed E-state index contributed by atoms with van der Waals surface area (Å²) in [5, 5.41) is 11.9. The van der Waals surface area contributed by atoms with E-state index in [-0.39, 0.29) is 17.8 Å². The first-order valence-electron chi connectivity index (χ1n) is 9.81. The summed E-state index contributed by atoms with van der Waals surface area (Å²) in [6.45, 7) is 4.45. The van der Waals surface area contributed by atoms with Crippen molar-refractivity contribution in [2.75, 3.05) is 19.6 Å². The third-order valence-corrected chi connectivity index (χ3v) is 5.56. The summed E-state index contributed by atoms with van der Waals surface area (Å²) in [4.78, 5) is 15.1. The first-order valence-corrected chi connectivity index (χ1v) is 9.81. The van der Waals surface area contributed by atoms with Crippen LogP contribution in [-0.2, 0) is 6.42 Å². The predicted octanol–water partition coefficient (Wildman–Crippen LogP) is 2.50. The molecule has 2 aliphatic rings. The van der Waals surface area contributed by atoms with E-state index >= 15 is 0 Å². The van der Waals surface area contributed by atoms with Crippen molar-refractivity contribution >= 4 is 5.91 Å². The molecule has 1 saturated heterocycles. The Morgan fingerprint density at radius 3 is 2.78 bits per heavy atom. The van der Waals surface area contributed by atoms with E-state index in [9.17, 15) is 9.18 Å². The second kappa shape index (κ2) is 7.76. The zero-order chi connectivity index (χ0) is 18.8. The fourth-order valence-corrected chi connectivity index (χ4v) is 3.85. The lowest BCUT2D eigenvalue weighted by molar-refractivity contribution is 0.0738. The number of aromatic nitrogens is 3. The highest BCUT2D eigenvalue weighted by molar-refractivity contribution is 5.93. The number of carbonyl (C=O) groups is 1. The van der Waals surface area contributed by atoms with Gasteiger partial charge in [0.1, 0.15) is 5.82 Å². The SMILES string of the molecule is Cc1c(C(=O)N(CCc2cccc(F)c2)C2CC2)nnn1C1CCNCC1. The average molecular weight is 371 g/mol. The van der Waals surface area contributed by atoms with Gasteiger partial charge in [-0.2, -0.15) is 0 Å². The molecule has 2 aromatic rings. The van der Waals surface area contributed by atoms with Crippen molar-refractivity contribution in [2.24, 2.45) is 0 Å². The Labute approximate surface area is 158 Å². The van der Waals surface area contributed by atoms with Crippen LogP contribution in [0.25, 0.3) is 0 Å². The molecular weight excluding hydrogens is 345 g/mol. The summed E-state index contributed by atoms with van der Waals surface area (Å²) in [6.07, 6.45) is 4.70. The summed E-state index contributed by atoms with van der Waals surface area (Å²) < 4.78 is 15.3. The number of rotatable bonds is 6. The highest BCUT2D eigenvalue weighted by Crippen LogP contribution is 2.29. The molecule has 4 rings (SSSR count). The van der Waals surface area contributed by atoms with E-state index in [0.29, 0.717) is 24.7 Å². The Hall–Kier alpha value is -2.28. The van der Waals surface area contributed by atoms with E-state index in [2.05, 4.69) is 15.6 Å². The van der Waals surface area contributed by atoms with E-state index < -0.39 is 0 Å². The quantitative estimate of drug-likeness (QED) is 0.847. The molecule has 0 atom stereocenters. The number of benzene rings is 1. The Bertz CT molecular complexity index is 810. The van der Waals surface area contributed by atoms with Gasteiger partial charge in [-0.15, -0.1) is 5.10 Å². The normalized spacial score (nSPS) is 17.9. The zero-order valence-corrected chi connectivity index (χ0v) is 15.7. The Kier molecular flexibility index (Phi) is 5.20. The van der Waals surface area contributed by atoms with Gasteiger partial charge < -0.3 is 10.2 Å². The van der Waals surface area contributed by atoms with Crippen molar-refractivity contribution in [3.05, 3.63) is 47.0 Å². The molecule has 1 aliphatic carbocycles. The number of hydrogen-bond acceptors (Lipinski definition) is 4. The van der Waals surface area contributed by atoms with Crippen LogP contribution in [0.2, 0.25) is 0 Å². The number of halogens is 1. The third kappa shape index (κ3) is 4.03. The minimum absolute atomic E-state index is 0.0495. The van der Waals surface area contributed by atoms with E-state index in [4.69, 9.17) is 0 Å². The van der Waals surface area contributed by atoms with Gasteiger partial charge in [0, 0.05) is 12.6 Å². The standard InChI is InChI=1S/C20H26FN5O/c1-14-19(23-24-26(14)18-7-10-22-11-8-18)20(27)25(17-5-6-17)12-9-15-3-2-4-16(21)13-15/h2-4,13,17-18,22H,5-12H2,1H3. The van der Waals surface area contributed by atoms with E-state index in [1.165, 1.54) is 12.1 Å². The summed E-state index contributed by atoms with van der Waals surface area (Å²) in [7, 11) is 0. The summed E-state index contributed by atoms with van der Waals surface area (Å²) >= 11 is 0. The number of nitrogens with one attached hydrogen (secondary N) is 1. The number of carbonyl (C=O) groups excluding carboxylic acids is 1. The van der Waals surface area contributed by atoms with E-state index in [1.807, 2.05) is 22.6 Å². The van der Waals surface area contributed by atoms with Crippen LogP contribution in [0.15, 0.2) is 24.3 Å². The Morgan fingerprint density at radius 1 is 1.30 bits per heavy atom. The summed E-state index contributed by atoms with van der Waals surface area (Å²) in [6, 6.07) is 7.17. The molecule has 1 amide bonds. The van der Waals surface area contributed by atoms with Gasteiger partial charge in [0.15, 0.2) is 5.69 Å². The van der Waals surface area contributed by atoms with Crippen LogP contribution in [0, 0.1) is 12.7 Å². The minimum atomic E-state index is -0.238. The van der Waals surface area contributed by atoms with Gasteiger partial charge in [-0.1, -0.05) is 17.3 Å². The highest BCUT2D eigenvalue weighted by Gasteiger charge is 2.35. The van der Waals surface area contributed by atoms with Crippen LogP contribution < -0.4 is 5.32 Å². The number of nitrogens with zero attached hydrogens (tertiary/aromatic N) is 4. The van der Waals surface area contributed by atoms with Gasteiger partial charge in [0.05, 0.1) is 11.7 Å². The van der Waals surface area contributed by atoms with E-state index in [0.717, 1.165) is 50.0 Å². The van der Waals surface area contributed by atoms with Crippen molar-refractivity contribution < 1.29 is 9.18 Å². The maximum Gasteiger partial charge on any atom is 0.276 e. The fourth-order valence-electron chi connectivity index (χ4n) is 3.85. The first kappa shape index (κ1) is 18.1. The molecule has 0 radical (unpaired) electrons. The molecule has 27 heavy (non-hydrogen) atoms. The number of hydrogen-bond donors (Lipinski definition) is 1. The van der Waals surface area contributed by atoms with Gasteiger partial charge in [0.2, 0.25) is 0 Å². The molecule has 144 valence electrons. The van der Waals surface area contributed by atoms with Crippen LogP contribution in [0.4, 0.5) is 4.39 Å². The van der Waals surface area contributed by atoms with Gasteiger partial charge in [-0.25, -0.2) is 9.07 Å². The maximum atomic E-state index is 13.4. The second-order valence-corrected chi connectivity index (χ2v) is 7.56. The van der Waals surface area contributed by atoms with Gasteiger partial charge in [0.25, 0.3) is 5.91 Å². The number of piperidine rings is 1. The molecule has 1 aromatic carbocycles. The lowest BCUT2D eigenvalue weighted by atomic mass is 10.1. The Morgan fingerprint density at radius 2 is 2.07 bits per heavy atom. The fraction of sp³-hybridized carbons (Fsp3) is 0.550. The topological polar surface area (TPSA) is 63.1 Å². The average Bonchev–Trinajstić information content (AvgIpc) is 3.44. The molecule has 7 heteroatoms. The smallest absolute Gasteiger partial charge is 0.276 e. The van der Waals surface area contributed by atoms with Crippen molar-refractivity contribution in [1.29, 1.82) is 0 Å². The molecule has 0 unspecified atom stereocenters. The number of amides is 1. The molecule has 1 aromatic heterocycles. The second-order valence-electron chi connectivity index (χ2n) is 7.56. The third-order valence-electron chi connectivity index (χ3n) is 5.56. The molecule has 1 saturated carbocycles. The first-order chi connectivity index (χ1) is 13.1. The zero-order valence-electron chi connectivity index (χ0n) is 15.7. The summed E-state index contributed by atoms with van der Waals surface area (Å²) in [5.41, 5.74) is 2.21. The Balaban J connectivity index is 1.48. The van der Waals surface area contributed by atoms with Crippen molar-refractivity contribution in [2.45, 2.75) is 51.1 Å². The van der Waals surface area contributed by atoms with Crippen molar-refractivity contribution in [1.82, 2.24) is 25.2 Å². The van der Waals surface area contributed by atoms with Crippen molar-refractivity contribution in [3.63, 3.8) is 0 Å². The molecule has 0 spiro atoms. The molecule has 2 fully saturated rings. The highest BCUT2D eigenvalue weighted by atomic mass is 19.1. The monoisotopic (exact) mass is 371 g/mol. The molecule has 6 nitrogen and oxygen atoms in total. The van der Waals surface area contributed by atoms with Crippen LogP contribution in [0.3, 0.4) is 0 Å². The van der Waals surface area contributed by atoms with Crippen LogP contribution >= 0.6 is 0 Å². The van der Waals surface area contributed by atoms with Crippen LogP contribution in [-0.4, -0.2) is 51.5 Å². The lowest BCUT2D eigenvalue weighted by Crippen LogP contribution is -2.35. The van der Waals surface area contributed by atoms with Crippen LogP contribution in [0.5, 0.6) is 0 Å². The van der Waals surface area contributed by atoms with E-state index in [1.54, 1.807) is 6.07 Å².